The van der Waals surface area contributed by atoms with E-state index in [1.807, 2.05) is 12.1 Å². The molecule has 0 saturated carbocycles. The Balaban J connectivity index is 2.47. The van der Waals surface area contributed by atoms with Crippen molar-refractivity contribution in [2.24, 2.45) is 0 Å². The summed E-state index contributed by atoms with van der Waals surface area (Å²) in [5, 5.41) is 4.69. The van der Waals surface area contributed by atoms with Crippen LogP contribution in [0.5, 0.6) is 0 Å². The summed E-state index contributed by atoms with van der Waals surface area (Å²) in [6.07, 6.45) is 1.77. The first-order chi connectivity index (χ1) is 8.27. The van der Waals surface area contributed by atoms with Gasteiger partial charge in [-0.1, -0.05) is 33.7 Å². The van der Waals surface area contributed by atoms with Crippen molar-refractivity contribution in [1.29, 1.82) is 0 Å². The Labute approximate surface area is 103 Å². The van der Waals surface area contributed by atoms with Crippen molar-refractivity contribution < 1.29 is 0 Å². The van der Waals surface area contributed by atoms with Crippen molar-refractivity contribution in [2.75, 3.05) is 0 Å². The molecule has 0 N–H and O–H groups in total. The van der Waals surface area contributed by atoms with Crippen LogP contribution in [-0.2, 0) is 0 Å². The Morgan fingerprint density at radius 1 is 1.12 bits per heavy atom. The van der Waals surface area contributed by atoms with Crippen LogP contribution >= 0.6 is 21.6 Å². The first-order valence-corrected chi connectivity index (χ1v) is 7.25. The average molecular weight is 259 g/mol. The molecule has 3 aliphatic rings. The number of nitrogens with zero attached hydrogens (tertiary/aromatic N) is 1. The minimum atomic E-state index is -0.448. The SMILES string of the molecule is O=c1c(=O)n2cc3c(c4cccc1c4-2)=CSS3. The standard InChI is InChI=1S/C12H5NO2S2/c14-11-7-3-1-2-6-8-5-16-17-9(8)4-13(10(6)7)12(11)15/h1-5H. The first-order valence-electron chi connectivity index (χ1n) is 5.04. The number of pyridine rings is 1. The summed E-state index contributed by atoms with van der Waals surface area (Å²) < 4.78 is 1.48. The molecule has 17 heavy (non-hydrogen) atoms. The number of hydrogen-bond acceptors (Lipinski definition) is 4. The Hall–Kier alpha value is -1.46. The molecule has 82 valence electrons. The summed E-state index contributed by atoms with van der Waals surface area (Å²) in [5.74, 6) is 0. The zero-order valence-corrected chi connectivity index (χ0v) is 10.1. The molecule has 0 bridgehead atoms. The number of rotatable bonds is 0. The van der Waals surface area contributed by atoms with Crippen molar-refractivity contribution in [3.05, 3.63) is 50.2 Å². The molecule has 0 radical (unpaired) electrons. The van der Waals surface area contributed by atoms with Crippen molar-refractivity contribution in [1.82, 2.24) is 4.57 Å². The summed E-state index contributed by atoms with van der Waals surface area (Å²) >= 11 is 0. The lowest BCUT2D eigenvalue weighted by atomic mass is 10.1. The van der Waals surface area contributed by atoms with Crippen LogP contribution in [0.1, 0.15) is 0 Å². The lowest BCUT2D eigenvalue weighted by Crippen LogP contribution is -2.25. The van der Waals surface area contributed by atoms with Crippen molar-refractivity contribution in [2.45, 2.75) is 4.90 Å². The number of fused-ring (bicyclic) bond motifs is 2. The molecule has 0 atom stereocenters. The van der Waals surface area contributed by atoms with Gasteiger partial charge in [-0.05, 0) is 11.5 Å². The Kier molecular flexibility index (Phi) is 1.72. The van der Waals surface area contributed by atoms with Gasteiger partial charge in [0.1, 0.15) is 0 Å². The summed E-state index contributed by atoms with van der Waals surface area (Å²) in [4.78, 5) is 24.7. The van der Waals surface area contributed by atoms with Crippen LogP contribution in [0.2, 0.25) is 0 Å². The molecule has 0 amide bonds. The van der Waals surface area contributed by atoms with E-state index in [-0.39, 0.29) is 0 Å². The van der Waals surface area contributed by atoms with Gasteiger partial charge in [0.05, 0.1) is 11.1 Å². The lowest BCUT2D eigenvalue weighted by Gasteiger charge is -2.08. The Morgan fingerprint density at radius 3 is 2.82 bits per heavy atom. The maximum Gasteiger partial charge on any atom is 0.303 e. The zero-order chi connectivity index (χ0) is 11.6. The molecule has 3 aliphatic heterocycles. The number of aromatic nitrogens is 1. The summed E-state index contributed by atoms with van der Waals surface area (Å²) in [6.45, 7) is 0. The third kappa shape index (κ3) is 1.06. The summed E-state index contributed by atoms with van der Waals surface area (Å²) in [6, 6.07) is 5.51. The fourth-order valence-corrected chi connectivity index (χ4v) is 4.41. The molecule has 5 heteroatoms. The summed E-state index contributed by atoms with van der Waals surface area (Å²) in [7, 11) is 3.26. The third-order valence-electron chi connectivity index (χ3n) is 3.04. The second-order valence-corrected chi connectivity index (χ2v) is 6.02. The van der Waals surface area contributed by atoms with Gasteiger partial charge >= 0.3 is 5.56 Å². The second-order valence-electron chi connectivity index (χ2n) is 3.91. The highest BCUT2D eigenvalue weighted by Gasteiger charge is 2.21. The number of para-hydroxylation sites is 1. The second kappa shape index (κ2) is 3.05. The third-order valence-corrected chi connectivity index (χ3v) is 5.09. The van der Waals surface area contributed by atoms with E-state index in [1.54, 1.807) is 33.9 Å². The van der Waals surface area contributed by atoms with Gasteiger partial charge < -0.3 is 0 Å². The fraction of sp³-hybridized carbons (Fsp3) is 0. The van der Waals surface area contributed by atoms with Crippen LogP contribution in [0.15, 0.2) is 38.9 Å². The van der Waals surface area contributed by atoms with Crippen molar-refractivity contribution in [3.8, 4) is 5.69 Å². The molecule has 4 rings (SSSR count). The predicted molar refractivity (Wildman–Crippen MR) is 71.3 cm³/mol. The average Bonchev–Trinajstić information content (AvgIpc) is 2.91. The van der Waals surface area contributed by atoms with Crippen LogP contribution in [0.4, 0.5) is 0 Å². The number of hydrogen-bond donors (Lipinski definition) is 0. The highest BCUT2D eigenvalue weighted by atomic mass is 33.1. The largest absolute Gasteiger partial charge is 0.303 e. The van der Waals surface area contributed by atoms with Crippen LogP contribution < -0.4 is 16.2 Å². The molecule has 0 spiro atoms. The van der Waals surface area contributed by atoms with E-state index < -0.39 is 11.0 Å². The molecule has 1 aromatic carbocycles. The molecular formula is C12H5NO2S2. The molecule has 0 unspecified atom stereocenters. The highest BCUT2D eigenvalue weighted by Crippen LogP contribution is 2.37. The van der Waals surface area contributed by atoms with Gasteiger partial charge in [0, 0.05) is 21.7 Å². The van der Waals surface area contributed by atoms with Crippen LogP contribution in [-0.4, -0.2) is 4.57 Å². The van der Waals surface area contributed by atoms with Gasteiger partial charge in [-0.3, -0.25) is 14.2 Å². The lowest BCUT2D eigenvalue weighted by molar-refractivity contribution is 0.992. The van der Waals surface area contributed by atoms with Gasteiger partial charge in [0.25, 0.3) is 5.43 Å². The van der Waals surface area contributed by atoms with E-state index in [0.717, 1.165) is 21.2 Å². The quantitative estimate of drug-likeness (QED) is 0.452. The first kappa shape index (κ1) is 9.56. The topological polar surface area (TPSA) is 39.1 Å². The molecule has 0 aromatic heterocycles. The minimum Gasteiger partial charge on any atom is -0.283 e. The van der Waals surface area contributed by atoms with E-state index in [4.69, 9.17) is 0 Å². The molecule has 0 aliphatic carbocycles. The van der Waals surface area contributed by atoms with Crippen molar-refractivity contribution in [3.63, 3.8) is 0 Å². The zero-order valence-electron chi connectivity index (χ0n) is 8.47. The highest BCUT2D eigenvalue weighted by molar-refractivity contribution is 8.79. The Morgan fingerprint density at radius 2 is 1.94 bits per heavy atom. The molecular weight excluding hydrogens is 254 g/mol. The maximum absolute atomic E-state index is 11.9. The van der Waals surface area contributed by atoms with Gasteiger partial charge in [0.2, 0.25) is 0 Å². The van der Waals surface area contributed by atoms with Gasteiger partial charge in [-0.2, -0.15) is 0 Å². The van der Waals surface area contributed by atoms with Gasteiger partial charge in [0.15, 0.2) is 0 Å². The fourth-order valence-electron chi connectivity index (χ4n) is 2.28. The van der Waals surface area contributed by atoms with Gasteiger partial charge in [-0.15, -0.1) is 0 Å². The van der Waals surface area contributed by atoms with E-state index in [0.29, 0.717) is 5.39 Å². The smallest absolute Gasteiger partial charge is 0.283 e. The molecule has 1 aromatic rings. The summed E-state index contributed by atoms with van der Waals surface area (Å²) in [5.41, 5.74) is -0.103. The van der Waals surface area contributed by atoms with Crippen molar-refractivity contribution >= 4 is 37.8 Å². The van der Waals surface area contributed by atoms with Gasteiger partial charge in [-0.25, -0.2) is 0 Å². The van der Waals surface area contributed by atoms with E-state index >= 15 is 0 Å². The van der Waals surface area contributed by atoms with Crippen LogP contribution in [0, 0.1) is 0 Å². The molecule has 0 fully saturated rings. The van der Waals surface area contributed by atoms with E-state index in [9.17, 15) is 9.59 Å². The maximum atomic E-state index is 11.9. The minimum absolute atomic E-state index is 0.406. The monoisotopic (exact) mass is 259 g/mol. The molecule has 3 heterocycles. The normalized spacial score (nSPS) is 14.4. The number of benzene rings is 1. The Bertz CT molecular complexity index is 884. The van der Waals surface area contributed by atoms with Crippen LogP contribution in [0.25, 0.3) is 21.9 Å². The molecule has 3 nitrogen and oxygen atoms in total. The van der Waals surface area contributed by atoms with E-state index in [2.05, 4.69) is 5.41 Å². The molecule has 0 saturated heterocycles. The predicted octanol–water partition coefficient (Wildman–Crippen LogP) is 1.44. The van der Waals surface area contributed by atoms with Crippen LogP contribution in [0.3, 0.4) is 0 Å². The van der Waals surface area contributed by atoms with E-state index in [1.165, 1.54) is 4.57 Å².